The van der Waals surface area contributed by atoms with Crippen molar-refractivity contribution in [3.63, 3.8) is 0 Å². The van der Waals surface area contributed by atoms with E-state index in [1.807, 2.05) is 32.9 Å². The highest BCUT2D eigenvalue weighted by Gasteiger charge is 2.28. The number of fused-ring (bicyclic) bond motifs is 2. The third-order valence-corrected chi connectivity index (χ3v) is 5.85. The second kappa shape index (κ2) is 9.09. The normalized spacial score (nSPS) is 13.7. The van der Waals surface area contributed by atoms with Crippen LogP contribution in [0.1, 0.15) is 43.3 Å². The van der Waals surface area contributed by atoms with Gasteiger partial charge in [-0.3, -0.25) is 0 Å². The minimum absolute atomic E-state index is 0.162. The van der Waals surface area contributed by atoms with Crippen LogP contribution < -0.4 is 10.1 Å². The molecule has 0 saturated carbocycles. The molecule has 0 aliphatic carbocycles. The highest BCUT2D eigenvalue weighted by atomic mass is 35.5. The van der Waals surface area contributed by atoms with Gasteiger partial charge >= 0.3 is 6.09 Å². The number of carbonyl (C=O) groups excluding carboxylic acids is 1. The maximum Gasteiger partial charge on any atom is 0.410 e. The standard InChI is InChI=1S/C24H30ClN5O3/c1-14-16(18-12-15(32-5)6-7-19(18)27-14)8-10-26-21-17-9-11-30(23(31)33-24(2,3)4)13-20(17)28-22(25)29-21/h6-7,12,27H,8-11,13H2,1-5H3,(H,26,28,29). The van der Waals surface area contributed by atoms with Gasteiger partial charge in [-0.1, -0.05) is 0 Å². The van der Waals surface area contributed by atoms with E-state index in [2.05, 4.69) is 33.3 Å². The van der Waals surface area contributed by atoms with Crippen LogP contribution in [-0.4, -0.2) is 51.7 Å². The summed E-state index contributed by atoms with van der Waals surface area (Å²) in [4.78, 5) is 26.4. The summed E-state index contributed by atoms with van der Waals surface area (Å²) in [5.74, 6) is 1.56. The SMILES string of the molecule is COc1ccc2[nH]c(C)c(CCNc3nc(Cl)nc4c3CCN(C(=O)OC(C)(C)C)C4)c2c1. The molecule has 8 nitrogen and oxygen atoms in total. The number of H-pyrrole nitrogens is 1. The molecule has 3 heterocycles. The number of rotatable bonds is 5. The van der Waals surface area contributed by atoms with E-state index in [0.717, 1.165) is 45.8 Å². The number of halogens is 1. The first-order valence-corrected chi connectivity index (χ1v) is 11.4. The Labute approximate surface area is 198 Å². The van der Waals surface area contributed by atoms with E-state index < -0.39 is 5.60 Å². The summed E-state index contributed by atoms with van der Waals surface area (Å²) in [7, 11) is 1.67. The number of hydrogen-bond donors (Lipinski definition) is 2. The van der Waals surface area contributed by atoms with Crippen molar-refractivity contribution >= 4 is 34.4 Å². The molecular formula is C24H30ClN5O3. The van der Waals surface area contributed by atoms with Crippen molar-refractivity contribution in [2.75, 3.05) is 25.5 Å². The molecule has 0 spiro atoms. The molecule has 1 amide bonds. The molecule has 2 aromatic heterocycles. The fourth-order valence-electron chi connectivity index (χ4n) is 4.15. The first kappa shape index (κ1) is 23.2. The van der Waals surface area contributed by atoms with Gasteiger partial charge in [-0.25, -0.2) is 14.8 Å². The van der Waals surface area contributed by atoms with Crippen molar-refractivity contribution in [3.05, 3.63) is 46.0 Å². The Bertz CT molecular complexity index is 1190. The molecule has 0 saturated heterocycles. The minimum atomic E-state index is -0.544. The molecule has 4 rings (SSSR count). The molecular weight excluding hydrogens is 442 g/mol. The quantitative estimate of drug-likeness (QED) is 0.515. The summed E-state index contributed by atoms with van der Waals surface area (Å²) >= 11 is 6.21. The van der Waals surface area contributed by atoms with Crippen LogP contribution in [0, 0.1) is 6.92 Å². The Morgan fingerprint density at radius 3 is 2.82 bits per heavy atom. The van der Waals surface area contributed by atoms with E-state index in [-0.39, 0.29) is 11.4 Å². The van der Waals surface area contributed by atoms with Crippen LogP contribution in [0.15, 0.2) is 18.2 Å². The average Bonchev–Trinajstić information content (AvgIpc) is 3.06. The number of anilines is 1. The van der Waals surface area contributed by atoms with E-state index in [0.29, 0.717) is 26.1 Å². The molecule has 176 valence electrons. The Morgan fingerprint density at radius 1 is 1.30 bits per heavy atom. The summed E-state index contributed by atoms with van der Waals surface area (Å²) in [6, 6.07) is 6.05. The van der Waals surface area contributed by atoms with E-state index in [1.54, 1.807) is 12.0 Å². The highest BCUT2D eigenvalue weighted by Crippen LogP contribution is 2.28. The largest absolute Gasteiger partial charge is 0.497 e. The van der Waals surface area contributed by atoms with Crippen molar-refractivity contribution in [1.82, 2.24) is 19.9 Å². The third kappa shape index (κ3) is 5.16. The van der Waals surface area contributed by atoms with Gasteiger partial charge in [0.1, 0.15) is 17.2 Å². The summed E-state index contributed by atoms with van der Waals surface area (Å²) < 4.78 is 10.9. The van der Waals surface area contributed by atoms with Crippen LogP contribution in [-0.2, 0) is 24.1 Å². The van der Waals surface area contributed by atoms with Crippen molar-refractivity contribution < 1.29 is 14.3 Å². The smallest absolute Gasteiger partial charge is 0.410 e. The molecule has 2 N–H and O–H groups in total. The number of aromatic amines is 1. The number of ether oxygens (including phenoxy) is 2. The second-order valence-corrected chi connectivity index (χ2v) is 9.57. The summed E-state index contributed by atoms with van der Waals surface area (Å²) in [6.45, 7) is 9.22. The minimum Gasteiger partial charge on any atom is -0.497 e. The van der Waals surface area contributed by atoms with Crippen LogP contribution in [0.5, 0.6) is 5.75 Å². The third-order valence-electron chi connectivity index (χ3n) is 5.68. The van der Waals surface area contributed by atoms with Crippen LogP contribution in [0.2, 0.25) is 5.28 Å². The van der Waals surface area contributed by atoms with Gasteiger partial charge in [-0.15, -0.1) is 0 Å². The molecule has 33 heavy (non-hydrogen) atoms. The second-order valence-electron chi connectivity index (χ2n) is 9.24. The van der Waals surface area contributed by atoms with Gasteiger partial charge in [0.15, 0.2) is 0 Å². The molecule has 9 heteroatoms. The first-order chi connectivity index (χ1) is 15.6. The lowest BCUT2D eigenvalue weighted by Gasteiger charge is -2.31. The number of benzene rings is 1. The zero-order valence-corrected chi connectivity index (χ0v) is 20.5. The highest BCUT2D eigenvalue weighted by molar-refractivity contribution is 6.28. The Morgan fingerprint density at radius 2 is 2.09 bits per heavy atom. The van der Waals surface area contributed by atoms with Gasteiger partial charge in [-0.05, 0) is 75.9 Å². The number of carbonyl (C=O) groups is 1. The lowest BCUT2D eigenvalue weighted by atomic mass is 10.1. The van der Waals surface area contributed by atoms with Gasteiger partial charge in [0.05, 0.1) is 19.3 Å². The number of aromatic nitrogens is 3. The number of methoxy groups -OCH3 is 1. The Balaban J connectivity index is 1.48. The lowest BCUT2D eigenvalue weighted by Crippen LogP contribution is -2.40. The predicted molar refractivity (Wildman–Crippen MR) is 129 cm³/mol. The van der Waals surface area contributed by atoms with Crippen LogP contribution in [0.3, 0.4) is 0 Å². The monoisotopic (exact) mass is 471 g/mol. The summed E-state index contributed by atoms with van der Waals surface area (Å²) in [5, 5.41) is 4.76. The van der Waals surface area contributed by atoms with Gasteiger partial charge in [-0.2, -0.15) is 0 Å². The number of hydrogen-bond acceptors (Lipinski definition) is 6. The van der Waals surface area contributed by atoms with Crippen molar-refractivity contribution in [3.8, 4) is 5.75 Å². The molecule has 1 aromatic carbocycles. The summed E-state index contributed by atoms with van der Waals surface area (Å²) in [6.07, 6.45) is 1.10. The van der Waals surface area contributed by atoms with Gasteiger partial charge in [0.2, 0.25) is 5.28 Å². The van der Waals surface area contributed by atoms with Gasteiger partial charge in [0, 0.05) is 35.2 Å². The van der Waals surface area contributed by atoms with Crippen molar-refractivity contribution in [2.24, 2.45) is 0 Å². The molecule has 3 aromatic rings. The molecule has 1 aliphatic rings. The zero-order chi connectivity index (χ0) is 23.8. The fourth-order valence-corrected chi connectivity index (χ4v) is 4.33. The topological polar surface area (TPSA) is 92.4 Å². The van der Waals surface area contributed by atoms with Crippen LogP contribution in [0.25, 0.3) is 10.9 Å². The van der Waals surface area contributed by atoms with E-state index in [4.69, 9.17) is 21.1 Å². The number of aryl methyl sites for hydroxylation is 1. The maximum atomic E-state index is 12.5. The number of amides is 1. The van der Waals surface area contributed by atoms with Crippen molar-refractivity contribution in [2.45, 2.75) is 52.7 Å². The Kier molecular flexibility index (Phi) is 6.38. The number of nitrogens with zero attached hydrogens (tertiary/aromatic N) is 3. The molecule has 0 fully saturated rings. The van der Waals surface area contributed by atoms with Crippen LogP contribution >= 0.6 is 11.6 Å². The molecule has 0 radical (unpaired) electrons. The fraction of sp³-hybridized carbons (Fsp3) is 0.458. The van der Waals surface area contributed by atoms with E-state index >= 15 is 0 Å². The van der Waals surface area contributed by atoms with E-state index in [9.17, 15) is 4.79 Å². The molecule has 1 aliphatic heterocycles. The summed E-state index contributed by atoms with van der Waals surface area (Å²) in [5.41, 5.74) is 4.67. The van der Waals surface area contributed by atoms with Gasteiger partial charge < -0.3 is 24.7 Å². The molecule has 0 unspecified atom stereocenters. The molecule has 0 atom stereocenters. The molecule has 0 bridgehead atoms. The first-order valence-electron chi connectivity index (χ1n) is 11.1. The predicted octanol–water partition coefficient (Wildman–Crippen LogP) is 4.88. The van der Waals surface area contributed by atoms with E-state index in [1.165, 1.54) is 5.56 Å². The van der Waals surface area contributed by atoms with Gasteiger partial charge in [0.25, 0.3) is 0 Å². The van der Waals surface area contributed by atoms with Crippen molar-refractivity contribution in [1.29, 1.82) is 0 Å². The average molecular weight is 472 g/mol. The lowest BCUT2D eigenvalue weighted by molar-refractivity contribution is 0.0221. The van der Waals surface area contributed by atoms with Crippen LogP contribution in [0.4, 0.5) is 10.6 Å². The zero-order valence-electron chi connectivity index (χ0n) is 19.7. The number of nitrogens with one attached hydrogen (secondary N) is 2. The Hall–Kier alpha value is -3.00. The maximum absolute atomic E-state index is 12.5.